The van der Waals surface area contributed by atoms with Gasteiger partial charge < -0.3 is 9.47 Å². The van der Waals surface area contributed by atoms with Crippen LogP contribution in [0.2, 0.25) is 5.02 Å². The standard InChI is InChI=1S/C22H25ClO4/c1-3-4-5-6-13-27-18-10-7-16(8-11-18)20(24)15-21(25)19-12-9-17(23)14-22(19)26-2/h7-12,14H,3-6,13,15H2,1-2H3. The Morgan fingerprint density at radius 2 is 1.70 bits per heavy atom. The van der Waals surface area contributed by atoms with Crippen molar-refractivity contribution >= 4 is 23.2 Å². The molecule has 0 aliphatic heterocycles. The molecule has 0 amide bonds. The molecule has 0 aliphatic rings. The fourth-order valence-electron chi connectivity index (χ4n) is 2.69. The third-order valence-electron chi connectivity index (χ3n) is 4.23. The van der Waals surface area contributed by atoms with Crippen LogP contribution in [-0.2, 0) is 0 Å². The molecule has 0 bridgehead atoms. The SMILES string of the molecule is CCCCCCOc1ccc(C(=O)CC(=O)c2ccc(Cl)cc2OC)cc1. The number of methoxy groups -OCH3 is 1. The number of unbranched alkanes of at least 4 members (excludes halogenated alkanes) is 3. The lowest BCUT2D eigenvalue weighted by atomic mass is 10.0. The van der Waals surface area contributed by atoms with Crippen molar-refractivity contribution in [2.45, 2.75) is 39.0 Å². The topological polar surface area (TPSA) is 52.6 Å². The number of rotatable bonds is 11. The first kappa shape index (κ1) is 21.0. The summed E-state index contributed by atoms with van der Waals surface area (Å²) in [5, 5.41) is 0.472. The van der Waals surface area contributed by atoms with Gasteiger partial charge in [0.05, 0.1) is 25.7 Å². The molecule has 2 aromatic carbocycles. The third kappa shape index (κ3) is 6.40. The van der Waals surface area contributed by atoms with Gasteiger partial charge in [0, 0.05) is 10.6 Å². The van der Waals surface area contributed by atoms with E-state index >= 15 is 0 Å². The maximum absolute atomic E-state index is 12.4. The Balaban J connectivity index is 1.93. The summed E-state index contributed by atoms with van der Waals surface area (Å²) < 4.78 is 10.9. The predicted octanol–water partition coefficient (Wildman–Crippen LogP) is 5.76. The van der Waals surface area contributed by atoms with Gasteiger partial charge in [-0.2, -0.15) is 0 Å². The number of carbonyl (C=O) groups excluding carboxylic acids is 2. The number of ketones is 2. The van der Waals surface area contributed by atoms with Crippen LogP contribution in [0.5, 0.6) is 11.5 Å². The molecule has 4 nitrogen and oxygen atoms in total. The summed E-state index contributed by atoms with van der Waals surface area (Å²) in [5.41, 5.74) is 0.830. The lowest BCUT2D eigenvalue weighted by molar-refractivity contribution is 0.0893. The van der Waals surface area contributed by atoms with Gasteiger partial charge in [-0.05, 0) is 48.9 Å². The van der Waals surface area contributed by atoms with E-state index in [0.717, 1.165) is 18.6 Å². The van der Waals surface area contributed by atoms with Crippen molar-refractivity contribution in [3.8, 4) is 11.5 Å². The van der Waals surface area contributed by atoms with Crippen molar-refractivity contribution in [1.82, 2.24) is 0 Å². The smallest absolute Gasteiger partial charge is 0.174 e. The zero-order chi connectivity index (χ0) is 19.6. The molecule has 0 atom stereocenters. The minimum absolute atomic E-state index is 0.227. The summed E-state index contributed by atoms with van der Waals surface area (Å²) in [5.74, 6) is 0.553. The molecule has 0 saturated carbocycles. The molecule has 27 heavy (non-hydrogen) atoms. The van der Waals surface area contributed by atoms with Gasteiger partial charge in [-0.25, -0.2) is 0 Å². The second-order valence-electron chi connectivity index (χ2n) is 6.30. The second kappa shape index (κ2) is 10.7. The van der Waals surface area contributed by atoms with Crippen LogP contribution in [0.4, 0.5) is 0 Å². The fourth-order valence-corrected chi connectivity index (χ4v) is 2.86. The van der Waals surface area contributed by atoms with Crippen molar-refractivity contribution in [3.05, 3.63) is 58.6 Å². The van der Waals surface area contributed by atoms with Crippen LogP contribution in [0.1, 0.15) is 59.7 Å². The molecule has 0 saturated heterocycles. The molecule has 0 fully saturated rings. The summed E-state index contributed by atoms with van der Waals surface area (Å²) in [6.07, 6.45) is 4.35. The number of halogens is 1. The van der Waals surface area contributed by atoms with Crippen molar-refractivity contribution in [2.75, 3.05) is 13.7 Å². The average Bonchev–Trinajstić information content (AvgIpc) is 2.68. The predicted molar refractivity (Wildman–Crippen MR) is 107 cm³/mol. The number of Topliss-reactive ketones (excluding diaryl/α,β-unsaturated/α-hetero) is 2. The van der Waals surface area contributed by atoms with E-state index in [1.807, 2.05) is 0 Å². The van der Waals surface area contributed by atoms with E-state index in [-0.39, 0.29) is 18.0 Å². The number of ether oxygens (including phenoxy) is 2. The quantitative estimate of drug-likeness (QED) is 0.279. The van der Waals surface area contributed by atoms with Crippen LogP contribution in [0.15, 0.2) is 42.5 Å². The van der Waals surface area contributed by atoms with Gasteiger partial charge >= 0.3 is 0 Å². The molecule has 2 aromatic rings. The summed E-state index contributed by atoms with van der Waals surface area (Å²) >= 11 is 5.91. The number of benzene rings is 2. The minimum atomic E-state index is -0.301. The maximum Gasteiger partial charge on any atom is 0.174 e. The normalized spacial score (nSPS) is 10.5. The summed E-state index contributed by atoms with van der Waals surface area (Å²) in [6.45, 7) is 2.84. The Labute approximate surface area is 165 Å². The first-order valence-electron chi connectivity index (χ1n) is 9.18. The molecule has 0 unspecified atom stereocenters. The average molecular weight is 389 g/mol. The molecule has 0 spiro atoms. The Morgan fingerprint density at radius 3 is 2.37 bits per heavy atom. The summed E-state index contributed by atoms with van der Waals surface area (Å²) in [4.78, 5) is 24.9. The van der Waals surface area contributed by atoms with Crippen LogP contribution < -0.4 is 9.47 Å². The lowest BCUT2D eigenvalue weighted by Gasteiger charge is -2.09. The van der Waals surface area contributed by atoms with Crippen molar-refractivity contribution in [2.24, 2.45) is 0 Å². The van der Waals surface area contributed by atoms with E-state index in [4.69, 9.17) is 21.1 Å². The Morgan fingerprint density at radius 1 is 0.963 bits per heavy atom. The van der Waals surface area contributed by atoms with Gasteiger partial charge in [0.1, 0.15) is 11.5 Å². The minimum Gasteiger partial charge on any atom is -0.496 e. The maximum atomic E-state index is 12.4. The van der Waals surface area contributed by atoms with Gasteiger partial charge in [-0.15, -0.1) is 0 Å². The van der Waals surface area contributed by atoms with Crippen molar-refractivity contribution < 1.29 is 19.1 Å². The Bertz CT molecular complexity index is 768. The molecular formula is C22H25ClO4. The van der Waals surface area contributed by atoms with Crippen LogP contribution in [0, 0.1) is 0 Å². The van der Waals surface area contributed by atoms with E-state index in [2.05, 4.69) is 6.92 Å². The van der Waals surface area contributed by atoms with E-state index in [1.165, 1.54) is 20.0 Å². The van der Waals surface area contributed by atoms with E-state index in [9.17, 15) is 9.59 Å². The van der Waals surface area contributed by atoms with E-state index < -0.39 is 0 Å². The summed E-state index contributed by atoms with van der Waals surface area (Å²) in [7, 11) is 1.46. The molecular weight excluding hydrogens is 364 g/mol. The van der Waals surface area contributed by atoms with Gasteiger partial charge in [0.15, 0.2) is 11.6 Å². The number of carbonyl (C=O) groups is 2. The van der Waals surface area contributed by atoms with Crippen LogP contribution in [0.25, 0.3) is 0 Å². The third-order valence-corrected chi connectivity index (χ3v) is 4.46. The summed E-state index contributed by atoms with van der Waals surface area (Å²) in [6, 6.07) is 11.7. The largest absolute Gasteiger partial charge is 0.496 e. The zero-order valence-electron chi connectivity index (χ0n) is 15.8. The molecule has 0 aliphatic carbocycles. The van der Waals surface area contributed by atoms with E-state index in [0.29, 0.717) is 28.5 Å². The lowest BCUT2D eigenvalue weighted by Crippen LogP contribution is -2.10. The molecule has 0 radical (unpaired) electrons. The monoisotopic (exact) mass is 388 g/mol. The second-order valence-corrected chi connectivity index (χ2v) is 6.74. The Kier molecular flexibility index (Phi) is 8.34. The van der Waals surface area contributed by atoms with Gasteiger partial charge in [0.25, 0.3) is 0 Å². The molecule has 0 N–H and O–H groups in total. The van der Waals surface area contributed by atoms with Crippen molar-refractivity contribution in [1.29, 1.82) is 0 Å². The van der Waals surface area contributed by atoms with Gasteiger partial charge in [0.2, 0.25) is 0 Å². The van der Waals surface area contributed by atoms with Crippen LogP contribution in [-0.4, -0.2) is 25.3 Å². The number of hydrogen-bond donors (Lipinski definition) is 0. The first-order chi connectivity index (χ1) is 13.0. The highest BCUT2D eigenvalue weighted by atomic mass is 35.5. The molecule has 5 heteroatoms. The van der Waals surface area contributed by atoms with Crippen LogP contribution in [0.3, 0.4) is 0 Å². The van der Waals surface area contributed by atoms with Crippen LogP contribution >= 0.6 is 11.6 Å². The molecule has 0 aromatic heterocycles. The fraction of sp³-hybridized carbons (Fsp3) is 0.364. The first-order valence-corrected chi connectivity index (χ1v) is 9.55. The van der Waals surface area contributed by atoms with Gasteiger partial charge in [-0.3, -0.25) is 9.59 Å². The zero-order valence-corrected chi connectivity index (χ0v) is 16.6. The molecule has 2 rings (SSSR count). The van der Waals surface area contributed by atoms with Crippen molar-refractivity contribution in [3.63, 3.8) is 0 Å². The molecule has 0 heterocycles. The van der Waals surface area contributed by atoms with E-state index in [1.54, 1.807) is 42.5 Å². The Hall–Kier alpha value is -2.33. The number of hydrogen-bond acceptors (Lipinski definition) is 4. The van der Waals surface area contributed by atoms with Gasteiger partial charge in [-0.1, -0.05) is 37.8 Å². The highest BCUT2D eigenvalue weighted by Gasteiger charge is 2.17. The molecule has 144 valence electrons. The highest BCUT2D eigenvalue weighted by Crippen LogP contribution is 2.25. The highest BCUT2D eigenvalue weighted by molar-refractivity contribution is 6.31.